The number of nitro groups is 1. The van der Waals surface area contributed by atoms with E-state index in [9.17, 15) is 34.4 Å². The Kier molecular flexibility index (Phi) is 5.83. The number of carboxylic acid groups (broad SMARTS) is 1. The van der Waals surface area contributed by atoms with Crippen molar-refractivity contribution in [3.8, 4) is 11.1 Å². The van der Waals surface area contributed by atoms with Crippen LogP contribution in [0.2, 0.25) is 0 Å². The van der Waals surface area contributed by atoms with E-state index in [-0.39, 0.29) is 24.0 Å². The first-order valence-electron chi connectivity index (χ1n) is 11.5. The number of aromatic carboxylic acids is 1. The number of pyridine rings is 1. The van der Waals surface area contributed by atoms with Gasteiger partial charge in [0, 0.05) is 29.2 Å². The number of para-hydroxylation sites is 1. The number of hydrogen-bond donors (Lipinski definition) is 1. The van der Waals surface area contributed by atoms with Crippen molar-refractivity contribution in [3.05, 3.63) is 80.9 Å². The lowest BCUT2D eigenvalue weighted by molar-refractivity contribution is -0.385. The van der Waals surface area contributed by atoms with E-state index in [4.69, 9.17) is 4.84 Å². The van der Waals surface area contributed by atoms with Crippen LogP contribution in [-0.4, -0.2) is 43.8 Å². The highest BCUT2D eigenvalue weighted by Gasteiger charge is 2.36. The summed E-state index contributed by atoms with van der Waals surface area (Å²) in [7, 11) is 0. The van der Waals surface area contributed by atoms with E-state index in [0.717, 1.165) is 0 Å². The second-order valence-electron chi connectivity index (χ2n) is 8.82. The van der Waals surface area contributed by atoms with Crippen molar-refractivity contribution >= 4 is 51.2 Å². The van der Waals surface area contributed by atoms with Gasteiger partial charge in [-0.15, -0.1) is 5.06 Å². The largest absolute Gasteiger partial charge is 0.478 e. The molecule has 1 aliphatic heterocycles. The molecule has 2 heterocycles. The van der Waals surface area contributed by atoms with Crippen molar-refractivity contribution in [2.24, 2.45) is 0 Å². The second-order valence-corrected chi connectivity index (χ2v) is 8.82. The standard InChI is InChI=1S/C27H19N3O8/c1-13-12-17(27(35)38-29-20(31)10-11-21(29)32)25(30(36)37)14(2)22(13)16-7-5-9-19-23(16)24(26(33)34)15-6-3-4-8-18(15)28-19/h3-9,12H,10-11H2,1-2H3,(H,33,34). The number of fused-ring (bicyclic) bond motifs is 2. The number of benzene rings is 3. The molecular formula is C27H19N3O8. The quantitative estimate of drug-likeness (QED) is 0.176. The first kappa shape index (κ1) is 24.5. The summed E-state index contributed by atoms with van der Waals surface area (Å²) in [5, 5.41) is 23.4. The Hall–Kier alpha value is -5.19. The molecule has 190 valence electrons. The molecule has 0 spiro atoms. The SMILES string of the molecule is Cc1cc(C(=O)ON2C(=O)CCC2=O)c([N+](=O)[O-])c(C)c1-c1cccc2nc3ccccc3c(C(=O)O)c12. The van der Waals surface area contributed by atoms with Crippen LogP contribution in [0.4, 0.5) is 5.69 Å². The first-order valence-corrected chi connectivity index (χ1v) is 11.5. The maximum absolute atomic E-state index is 12.9. The van der Waals surface area contributed by atoms with Crippen molar-refractivity contribution in [2.45, 2.75) is 26.7 Å². The minimum atomic E-state index is -1.23. The Morgan fingerprint density at radius 1 is 1.03 bits per heavy atom. The third-order valence-corrected chi connectivity index (χ3v) is 6.51. The van der Waals surface area contributed by atoms with Crippen LogP contribution >= 0.6 is 0 Å². The number of aryl methyl sites for hydroxylation is 1. The van der Waals surface area contributed by atoms with Gasteiger partial charge in [0.25, 0.3) is 17.5 Å². The Bertz CT molecular complexity index is 1730. The summed E-state index contributed by atoms with van der Waals surface area (Å²) in [6.07, 6.45) is -0.248. The zero-order valence-corrected chi connectivity index (χ0v) is 20.2. The van der Waals surface area contributed by atoms with Gasteiger partial charge in [-0.2, -0.15) is 0 Å². The number of rotatable bonds is 5. The molecule has 0 radical (unpaired) electrons. The molecule has 0 unspecified atom stereocenters. The van der Waals surface area contributed by atoms with Crippen molar-refractivity contribution in [1.82, 2.24) is 10.0 Å². The van der Waals surface area contributed by atoms with Gasteiger partial charge >= 0.3 is 11.9 Å². The van der Waals surface area contributed by atoms with Crippen LogP contribution < -0.4 is 0 Å². The van der Waals surface area contributed by atoms with Gasteiger partial charge in [-0.3, -0.25) is 19.7 Å². The lowest BCUT2D eigenvalue weighted by Gasteiger charge is -2.18. The van der Waals surface area contributed by atoms with E-state index in [1.54, 1.807) is 49.4 Å². The number of nitrogens with zero attached hydrogens (tertiary/aromatic N) is 3. The van der Waals surface area contributed by atoms with Crippen LogP contribution in [0.5, 0.6) is 0 Å². The van der Waals surface area contributed by atoms with E-state index in [2.05, 4.69) is 4.98 Å². The van der Waals surface area contributed by atoms with E-state index in [1.807, 2.05) is 0 Å². The van der Waals surface area contributed by atoms with E-state index >= 15 is 0 Å². The highest BCUT2D eigenvalue weighted by atomic mass is 16.7. The van der Waals surface area contributed by atoms with Gasteiger partial charge < -0.3 is 9.94 Å². The highest BCUT2D eigenvalue weighted by Crippen LogP contribution is 2.41. The summed E-state index contributed by atoms with van der Waals surface area (Å²) in [6, 6.07) is 13.0. The minimum absolute atomic E-state index is 0.00259. The van der Waals surface area contributed by atoms with Crippen molar-refractivity contribution < 1.29 is 34.0 Å². The van der Waals surface area contributed by atoms with E-state index in [0.29, 0.717) is 43.6 Å². The summed E-state index contributed by atoms with van der Waals surface area (Å²) < 4.78 is 0. The van der Waals surface area contributed by atoms with Crippen molar-refractivity contribution in [1.29, 1.82) is 0 Å². The smallest absolute Gasteiger partial charge is 0.370 e. The zero-order chi connectivity index (χ0) is 27.3. The number of hydroxylamine groups is 2. The minimum Gasteiger partial charge on any atom is -0.478 e. The number of carbonyl (C=O) groups is 4. The first-order chi connectivity index (χ1) is 18.1. The summed E-state index contributed by atoms with van der Waals surface area (Å²) in [5.74, 6) is -3.85. The Morgan fingerprint density at radius 2 is 1.68 bits per heavy atom. The molecule has 1 fully saturated rings. The molecule has 0 atom stereocenters. The second kappa shape index (κ2) is 9.04. The molecule has 4 aromatic rings. The average molecular weight is 513 g/mol. The molecular weight excluding hydrogens is 494 g/mol. The van der Waals surface area contributed by atoms with Crippen LogP contribution in [0, 0.1) is 24.0 Å². The van der Waals surface area contributed by atoms with Gasteiger partial charge in [0.15, 0.2) is 0 Å². The number of hydrogen-bond acceptors (Lipinski definition) is 8. The third-order valence-electron chi connectivity index (χ3n) is 6.51. The molecule has 1 aliphatic rings. The lowest BCUT2D eigenvalue weighted by Crippen LogP contribution is -2.32. The fourth-order valence-electron chi connectivity index (χ4n) is 4.94. The molecule has 1 aromatic heterocycles. The molecule has 38 heavy (non-hydrogen) atoms. The molecule has 0 aliphatic carbocycles. The predicted molar refractivity (Wildman–Crippen MR) is 134 cm³/mol. The molecule has 5 rings (SSSR count). The van der Waals surface area contributed by atoms with Gasteiger partial charge in [0.2, 0.25) is 0 Å². The maximum Gasteiger partial charge on any atom is 0.370 e. The van der Waals surface area contributed by atoms with Crippen LogP contribution in [-0.2, 0) is 14.4 Å². The Labute approximate surface area is 214 Å². The number of carbonyl (C=O) groups excluding carboxylic acids is 3. The molecule has 3 aromatic carbocycles. The number of carboxylic acids is 1. The number of nitro benzene ring substituents is 1. The van der Waals surface area contributed by atoms with Crippen LogP contribution in [0.3, 0.4) is 0 Å². The number of aromatic nitrogens is 1. The predicted octanol–water partition coefficient (Wildman–Crippen LogP) is 4.50. The lowest BCUT2D eigenvalue weighted by atomic mass is 9.87. The van der Waals surface area contributed by atoms with Gasteiger partial charge in [-0.25, -0.2) is 14.6 Å². The van der Waals surface area contributed by atoms with Gasteiger partial charge in [-0.1, -0.05) is 30.3 Å². The zero-order valence-electron chi connectivity index (χ0n) is 20.2. The number of amides is 2. The normalized spacial score (nSPS) is 13.4. The molecule has 0 bridgehead atoms. The Balaban J connectivity index is 1.76. The molecule has 11 heteroatoms. The third kappa shape index (κ3) is 3.81. The molecule has 1 saturated heterocycles. The summed E-state index contributed by atoms with van der Waals surface area (Å²) in [5.41, 5.74) is 1.08. The topological polar surface area (TPSA) is 157 Å². The molecule has 1 N–H and O–H groups in total. The van der Waals surface area contributed by atoms with Gasteiger partial charge in [0.05, 0.1) is 21.5 Å². The molecule has 11 nitrogen and oxygen atoms in total. The summed E-state index contributed by atoms with van der Waals surface area (Å²) in [4.78, 5) is 70.1. The molecule has 0 saturated carbocycles. The Morgan fingerprint density at radius 3 is 2.34 bits per heavy atom. The monoisotopic (exact) mass is 513 g/mol. The maximum atomic E-state index is 12.9. The van der Waals surface area contributed by atoms with E-state index < -0.39 is 39.9 Å². The van der Waals surface area contributed by atoms with Crippen LogP contribution in [0.25, 0.3) is 32.9 Å². The van der Waals surface area contributed by atoms with Crippen molar-refractivity contribution in [2.75, 3.05) is 0 Å². The average Bonchev–Trinajstić information content (AvgIpc) is 3.18. The molecule has 2 amide bonds. The van der Waals surface area contributed by atoms with Gasteiger partial charge in [-0.05, 0) is 48.7 Å². The highest BCUT2D eigenvalue weighted by molar-refractivity contribution is 6.18. The van der Waals surface area contributed by atoms with E-state index in [1.165, 1.54) is 13.0 Å². The van der Waals surface area contributed by atoms with Crippen LogP contribution in [0.15, 0.2) is 48.5 Å². The summed E-state index contributed by atoms with van der Waals surface area (Å²) >= 11 is 0. The van der Waals surface area contributed by atoms with Crippen LogP contribution in [0.1, 0.15) is 44.7 Å². The number of imide groups is 1. The summed E-state index contributed by atoms with van der Waals surface area (Å²) in [6.45, 7) is 3.06. The fourth-order valence-corrected chi connectivity index (χ4v) is 4.94. The van der Waals surface area contributed by atoms with Gasteiger partial charge in [0.1, 0.15) is 5.56 Å². The van der Waals surface area contributed by atoms with Crippen molar-refractivity contribution in [3.63, 3.8) is 0 Å². The fraction of sp³-hybridized carbons (Fsp3) is 0.148.